The molecule has 0 spiro atoms. The Balaban J connectivity index is 1.90. The van der Waals surface area contributed by atoms with Crippen LogP contribution in [0.15, 0.2) is 6.20 Å². The highest BCUT2D eigenvalue weighted by molar-refractivity contribution is 6.62. The second kappa shape index (κ2) is 4.11. The van der Waals surface area contributed by atoms with E-state index in [4.69, 9.17) is 9.31 Å². The number of fused-ring (bicyclic) bond motifs is 1. The van der Waals surface area contributed by atoms with Crippen LogP contribution in [0.25, 0.3) is 0 Å². The van der Waals surface area contributed by atoms with Gasteiger partial charge in [-0.3, -0.25) is 4.68 Å². The Morgan fingerprint density at radius 3 is 2.30 bits per heavy atom. The van der Waals surface area contributed by atoms with Crippen LogP contribution in [0.5, 0.6) is 0 Å². The van der Waals surface area contributed by atoms with Gasteiger partial charge in [-0.1, -0.05) is 13.8 Å². The number of hydrogen-bond donors (Lipinski definition) is 0. The van der Waals surface area contributed by atoms with Gasteiger partial charge in [-0.25, -0.2) is 0 Å². The highest BCUT2D eigenvalue weighted by Crippen LogP contribution is 2.37. The molecular weight excluding hydrogens is 251 g/mol. The van der Waals surface area contributed by atoms with Gasteiger partial charge >= 0.3 is 7.12 Å². The first-order valence-electron chi connectivity index (χ1n) is 7.52. The summed E-state index contributed by atoms with van der Waals surface area (Å²) in [7, 11) is -0.287. The first kappa shape index (κ1) is 14.1. The second-order valence-corrected chi connectivity index (χ2v) is 7.96. The van der Waals surface area contributed by atoms with Crippen molar-refractivity contribution in [3.05, 3.63) is 11.9 Å². The van der Waals surface area contributed by atoms with E-state index in [0.717, 1.165) is 18.4 Å². The molecule has 0 unspecified atom stereocenters. The van der Waals surface area contributed by atoms with Crippen molar-refractivity contribution in [1.29, 1.82) is 0 Å². The van der Waals surface area contributed by atoms with E-state index in [0.29, 0.717) is 5.41 Å². The molecule has 3 heterocycles. The molecule has 0 saturated carbocycles. The SMILES string of the molecule is CC1(C)CCc2c(B3OC(C)(C)C(C)(C)O3)cnn2C1. The number of hydrogen-bond acceptors (Lipinski definition) is 3. The van der Waals surface area contributed by atoms with Crippen LogP contribution in [0, 0.1) is 5.41 Å². The first-order valence-corrected chi connectivity index (χ1v) is 7.52. The average molecular weight is 276 g/mol. The summed E-state index contributed by atoms with van der Waals surface area (Å²) >= 11 is 0. The normalized spacial score (nSPS) is 26.6. The lowest BCUT2D eigenvalue weighted by Gasteiger charge is -2.32. The molecule has 0 aliphatic carbocycles. The lowest BCUT2D eigenvalue weighted by molar-refractivity contribution is 0.00578. The third-order valence-corrected chi connectivity index (χ3v) is 5.10. The summed E-state index contributed by atoms with van der Waals surface area (Å²) in [6, 6.07) is 0. The van der Waals surface area contributed by atoms with Crippen molar-refractivity contribution >= 4 is 12.6 Å². The number of aromatic nitrogens is 2. The summed E-state index contributed by atoms with van der Waals surface area (Å²) in [4.78, 5) is 0. The molecule has 20 heavy (non-hydrogen) atoms. The summed E-state index contributed by atoms with van der Waals surface area (Å²) in [5.41, 5.74) is 2.13. The molecule has 3 rings (SSSR count). The zero-order chi connectivity index (χ0) is 14.8. The minimum Gasteiger partial charge on any atom is -0.399 e. The third-order valence-electron chi connectivity index (χ3n) is 5.10. The maximum Gasteiger partial charge on any atom is 0.498 e. The van der Waals surface area contributed by atoms with Crippen LogP contribution >= 0.6 is 0 Å². The fourth-order valence-corrected chi connectivity index (χ4v) is 2.94. The lowest BCUT2D eigenvalue weighted by Crippen LogP contribution is -2.41. The van der Waals surface area contributed by atoms with Crippen LogP contribution in [0.3, 0.4) is 0 Å². The quantitative estimate of drug-likeness (QED) is 0.737. The van der Waals surface area contributed by atoms with E-state index >= 15 is 0 Å². The molecule has 110 valence electrons. The lowest BCUT2D eigenvalue weighted by atomic mass is 9.75. The van der Waals surface area contributed by atoms with Gasteiger partial charge in [-0.05, 0) is 46.0 Å². The van der Waals surface area contributed by atoms with E-state index in [1.54, 1.807) is 0 Å². The number of nitrogens with zero attached hydrogens (tertiary/aromatic N) is 2. The summed E-state index contributed by atoms with van der Waals surface area (Å²) in [5.74, 6) is 0. The first-order chi connectivity index (χ1) is 9.11. The Bertz CT molecular complexity index is 518. The predicted molar refractivity (Wildman–Crippen MR) is 80.0 cm³/mol. The van der Waals surface area contributed by atoms with E-state index < -0.39 is 0 Å². The van der Waals surface area contributed by atoms with Crippen molar-refractivity contribution in [2.75, 3.05) is 0 Å². The molecule has 5 heteroatoms. The Morgan fingerprint density at radius 2 is 1.70 bits per heavy atom. The molecule has 0 aromatic carbocycles. The van der Waals surface area contributed by atoms with Crippen LogP contribution in [-0.2, 0) is 22.3 Å². The topological polar surface area (TPSA) is 36.3 Å². The molecule has 0 N–H and O–H groups in total. The zero-order valence-electron chi connectivity index (χ0n) is 13.5. The molecular formula is C15H25BN2O2. The smallest absolute Gasteiger partial charge is 0.399 e. The van der Waals surface area contributed by atoms with Crippen molar-refractivity contribution < 1.29 is 9.31 Å². The molecule has 0 atom stereocenters. The van der Waals surface area contributed by atoms with Crippen molar-refractivity contribution in [3.63, 3.8) is 0 Å². The van der Waals surface area contributed by atoms with Crippen LogP contribution in [0.1, 0.15) is 53.7 Å². The van der Waals surface area contributed by atoms with E-state index in [1.807, 2.05) is 6.20 Å². The van der Waals surface area contributed by atoms with Crippen LogP contribution < -0.4 is 5.46 Å². The maximum absolute atomic E-state index is 6.15. The van der Waals surface area contributed by atoms with Crippen molar-refractivity contribution in [3.8, 4) is 0 Å². The van der Waals surface area contributed by atoms with Crippen LogP contribution in [0.4, 0.5) is 0 Å². The second-order valence-electron chi connectivity index (χ2n) is 7.96. The van der Waals surface area contributed by atoms with E-state index in [2.05, 4.69) is 51.3 Å². The molecule has 2 aliphatic rings. The molecule has 0 amide bonds. The Hall–Kier alpha value is -0.805. The van der Waals surface area contributed by atoms with Gasteiger partial charge < -0.3 is 9.31 Å². The standard InChI is InChI=1S/C15H25BN2O2/c1-13(2)8-7-12-11(9-17-18(12)10-13)16-19-14(3,4)15(5,6)20-16/h9H,7-8,10H2,1-6H3. The van der Waals surface area contributed by atoms with E-state index in [1.165, 1.54) is 12.1 Å². The Labute approximate surface area is 122 Å². The number of rotatable bonds is 1. The maximum atomic E-state index is 6.15. The summed E-state index contributed by atoms with van der Waals surface area (Å²) in [6.07, 6.45) is 4.16. The van der Waals surface area contributed by atoms with Gasteiger partial charge in [0.2, 0.25) is 0 Å². The van der Waals surface area contributed by atoms with Crippen molar-refractivity contribution in [2.45, 2.75) is 72.1 Å². The molecule has 1 saturated heterocycles. The molecule has 2 aliphatic heterocycles. The molecule has 1 aromatic rings. The van der Waals surface area contributed by atoms with Gasteiger partial charge in [-0.15, -0.1) is 0 Å². The zero-order valence-corrected chi connectivity index (χ0v) is 13.5. The summed E-state index contributed by atoms with van der Waals surface area (Å²) in [6.45, 7) is 13.9. The minimum atomic E-state index is -0.291. The Kier molecular flexibility index (Phi) is 2.90. The molecule has 0 radical (unpaired) electrons. The van der Waals surface area contributed by atoms with Gasteiger partial charge in [0.1, 0.15) is 0 Å². The molecule has 1 fully saturated rings. The van der Waals surface area contributed by atoms with E-state index in [9.17, 15) is 0 Å². The highest BCUT2D eigenvalue weighted by atomic mass is 16.7. The molecule has 0 bridgehead atoms. The van der Waals surface area contributed by atoms with Crippen molar-refractivity contribution in [1.82, 2.24) is 9.78 Å². The van der Waals surface area contributed by atoms with Gasteiger partial charge in [-0.2, -0.15) is 5.10 Å². The summed E-state index contributed by atoms with van der Waals surface area (Å²) < 4.78 is 14.4. The molecule has 4 nitrogen and oxygen atoms in total. The van der Waals surface area contributed by atoms with Crippen LogP contribution in [-0.4, -0.2) is 28.1 Å². The highest BCUT2D eigenvalue weighted by Gasteiger charge is 2.53. The van der Waals surface area contributed by atoms with Gasteiger partial charge in [0.25, 0.3) is 0 Å². The predicted octanol–water partition coefficient (Wildman–Crippen LogP) is 2.15. The fraction of sp³-hybridized carbons (Fsp3) is 0.800. The average Bonchev–Trinajstić information content (AvgIpc) is 2.76. The largest absolute Gasteiger partial charge is 0.498 e. The minimum absolute atomic E-state index is 0.287. The van der Waals surface area contributed by atoms with Gasteiger partial charge in [0, 0.05) is 23.9 Å². The van der Waals surface area contributed by atoms with Crippen LogP contribution in [0.2, 0.25) is 0 Å². The summed E-state index contributed by atoms with van der Waals surface area (Å²) in [5, 5.41) is 4.55. The fourth-order valence-electron chi connectivity index (χ4n) is 2.94. The van der Waals surface area contributed by atoms with Gasteiger partial charge in [0.15, 0.2) is 0 Å². The van der Waals surface area contributed by atoms with Crippen molar-refractivity contribution in [2.24, 2.45) is 5.41 Å². The Morgan fingerprint density at radius 1 is 1.10 bits per heavy atom. The third kappa shape index (κ3) is 2.11. The van der Waals surface area contributed by atoms with E-state index in [-0.39, 0.29) is 18.3 Å². The van der Waals surface area contributed by atoms with Gasteiger partial charge in [0.05, 0.1) is 11.2 Å². The monoisotopic (exact) mass is 276 g/mol. The molecule has 1 aromatic heterocycles.